The van der Waals surface area contributed by atoms with Crippen LogP contribution in [0.3, 0.4) is 0 Å². The van der Waals surface area contributed by atoms with E-state index in [-0.39, 0.29) is 5.91 Å². The van der Waals surface area contributed by atoms with Crippen LogP contribution in [0.1, 0.15) is 21.7 Å². The number of aromatic amines is 1. The molecule has 1 aromatic carbocycles. The van der Waals surface area contributed by atoms with E-state index in [4.69, 9.17) is 0 Å². The topological polar surface area (TPSA) is 49.0 Å². The van der Waals surface area contributed by atoms with E-state index in [9.17, 15) is 4.79 Å². The van der Waals surface area contributed by atoms with Crippen molar-refractivity contribution < 1.29 is 4.79 Å². The maximum atomic E-state index is 12.3. The normalized spacial score (nSPS) is 10.4. The van der Waals surface area contributed by atoms with Crippen LogP contribution in [0, 0.1) is 6.92 Å². The molecule has 0 aliphatic heterocycles. The van der Waals surface area contributed by atoms with Crippen LogP contribution in [0.5, 0.6) is 0 Å². The van der Waals surface area contributed by atoms with Crippen LogP contribution in [-0.2, 0) is 6.54 Å². The van der Waals surface area contributed by atoms with Gasteiger partial charge in [0, 0.05) is 29.5 Å². The third-order valence-electron chi connectivity index (χ3n) is 2.71. The highest BCUT2D eigenvalue weighted by molar-refractivity contribution is 9.10. The molecule has 18 heavy (non-hydrogen) atoms. The fraction of sp³-hybridized carbons (Fsp3) is 0.231. The minimum atomic E-state index is -0.00333. The second kappa shape index (κ2) is 5.35. The van der Waals surface area contributed by atoms with E-state index in [1.54, 1.807) is 24.3 Å². The number of halogens is 1. The van der Waals surface area contributed by atoms with Gasteiger partial charge in [0.1, 0.15) is 5.82 Å². The number of aromatic nitrogens is 2. The molecule has 2 rings (SSSR count). The lowest BCUT2D eigenvalue weighted by Gasteiger charge is -2.17. The molecule has 0 saturated heterocycles. The number of carbonyl (C=O) groups excluding carboxylic acids is 1. The summed E-state index contributed by atoms with van der Waals surface area (Å²) in [6, 6.07) is 5.65. The number of imidazole rings is 1. The Hall–Kier alpha value is -1.62. The van der Waals surface area contributed by atoms with E-state index in [0.717, 1.165) is 15.9 Å². The molecule has 0 spiro atoms. The first kappa shape index (κ1) is 12.8. The van der Waals surface area contributed by atoms with Crippen molar-refractivity contribution in [1.29, 1.82) is 0 Å². The molecule has 1 amide bonds. The van der Waals surface area contributed by atoms with Gasteiger partial charge in [0.15, 0.2) is 0 Å². The van der Waals surface area contributed by atoms with Crippen molar-refractivity contribution in [3.8, 4) is 0 Å². The van der Waals surface area contributed by atoms with Crippen LogP contribution in [0.15, 0.2) is 35.1 Å². The summed E-state index contributed by atoms with van der Waals surface area (Å²) >= 11 is 3.39. The van der Waals surface area contributed by atoms with Crippen LogP contribution in [-0.4, -0.2) is 27.8 Å². The van der Waals surface area contributed by atoms with E-state index in [2.05, 4.69) is 25.9 Å². The molecule has 0 saturated carbocycles. The van der Waals surface area contributed by atoms with Gasteiger partial charge in [-0.25, -0.2) is 4.98 Å². The fourth-order valence-corrected chi connectivity index (χ4v) is 2.23. The first-order valence-corrected chi connectivity index (χ1v) is 6.37. The number of aryl methyl sites for hydroxylation is 1. The van der Waals surface area contributed by atoms with E-state index < -0.39 is 0 Å². The van der Waals surface area contributed by atoms with Crippen LogP contribution in [0.25, 0.3) is 0 Å². The molecule has 0 unspecified atom stereocenters. The Kier molecular flexibility index (Phi) is 3.81. The predicted molar refractivity (Wildman–Crippen MR) is 73.3 cm³/mol. The van der Waals surface area contributed by atoms with Gasteiger partial charge in [-0.3, -0.25) is 4.79 Å². The van der Waals surface area contributed by atoms with E-state index in [1.807, 2.05) is 25.1 Å². The Morgan fingerprint density at radius 3 is 2.89 bits per heavy atom. The second-order valence-corrected chi connectivity index (χ2v) is 5.07. The van der Waals surface area contributed by atoms with Crippen LogP contribution >= 0.6 is 15.9 Å². The molecule has 0 aliphatic carbocycles. The summed E-state index contributed by atoms with van der Waals surface area (Å²) in [6.45, 7) is 2.40. The summed E-state index contributed by atoms with van der Waals surface area (Å²) in [7, 11) is 1.77. The number of nitrogens with zero attached hydrogens (tertiary/aromatic N) is 2. The summed E-state index contributed by atoms with van der Waals surface area (Å²) in [5, 5.41) is 0. The minimum Gasteiger partial charge on any atom is -0.347 e. The molecule has 1 N–H and O–H groups in total. The molecular formula is C13H14BrN3O. The lowest BCUT2D eigenvalue weighted by molar-refractivity contribution is 0.0781. The highest BCUT2D eigenvalue weighted by Gasteiger charge is 2.15. The van der Waals surface area contributed by atoms with Crippen molar-refractivity contribution in [3.05, 3.63) is 52.0 Å². The number of nitrogens with one attached hydrogen (secondary N) is 1. The van der Waals surface area contributed by atoms with E-state index in [1.165, 1.54) is 0 Å². The Bertz CT molecular complexity index is 551. The van der Waals surface area contributed by atoms with Gasteiger partial charge in [0.25, 0.3) is 5.91 Å². The van der Waals surface area contributed by atoms with Gasteiger partial charge in [0.2, 0.25) is 0 Å². The maximum absolute atomic E-state index is 12.3. The Labute approximate surface area is 114 Å². The van der Waals surface area contributed by atoms with Crippen molar-refractivity contribution in [2.24, 2.45) is 0 Å². The summed E-state index contributed by atoms with van der Waals surface area (Å²) in [5.41, 5.74) is 1.67. The predicted octanol–water partition coefficient (Wildman–Crippen LogP) is 2.75. The number of amides is 1. The van der Waals surface area contributed by atoms with E-state index in [0.29, 0.717) is 12.1 Å². The zero-order valence-electron chi connectivity index (χ0n) is 10.3. The average Bonchev–Trinajstić information content (AvgIpc) is 2.81. The number of rotatable bonds is 3. The highest BCUT2D eigenvalue weighted by atomic mass is 79.9. The monoisotopic (exact) mass is 307 g/mol. The van der Waals surface area contributed by atoms with Crippen LogP contribution in [0.4, 0.5) is 0 Å². The van der Waals surface area contributed by atoms with Crippen LogP contribution < -0.4 is 0 Å². The van der Waals surface area contributed by atoms with Gasteiger partial charge in [-0.1, -0.05) is 15.9 Å². The van der Waals surface area contributed by atoms with Crippen molar-refractivity contribution in [2.45, 2.75) is 13.5 Å². The zero-order valence-corrected chi connectivity index (χ0v) is 11.9. The van der Waals surface area contributed by atoms with Gasteiger partial charge >= 0.3 is 0 Å². The van der Waals surface area contributed by atoms with Crippen molar-refractivity contribution in [1.82, 2.24) is 14.9 Å². The standard InChI is InChI=1S/C13H14BrN3O/c1-9-7-10(14)3-4-11(9)13(18)17(2)8-12-15-5-6-16-12/h3-7H,8H2,1-2H3,(H,15,16). The van der Waals surface area contributed by atoms with Crippen LogP contribution in [0.2, 0.25) is 0 Å². The molecule has 1 heterocycles. The summed E-state index contributed by atoms with van der Waals surface area (Å²) in [5.74, 6) is 0.775. The second-order valence-electron chi connectivity index (χ2n) is 4.16. The molecular weight excluding hydrogens is 294 g/mol. The lowest BCUT2D eigenvalue weighted by atomic mass is 10.1. The van der Waals surface area contributed by atoms with Crippen molar-refractivity contribution in [2.75, 3.05) is 7.05 Å². The molecule has 4 nitrogen and oxygen atoms in total. The minimum absolute atomic E-state index is 0.00333. The number of H-pyrrole nitrogens is 1. The fourth-order valence-electron chi connectivity index (χ4n) is 1.75. The average molecular weight is 308 g/mol. The summed E-state index contributed by atoms with van der Waals surface area (Å²) < 4.78 is 0.977. The van der Waals surface area contributed by atoms with Gasteiger partial charge in [-0.15, -0.1) is 0 Å². The highest BCUT2D eigenvalue weighted by Crippen LogP contribution is 2.17. The smallest absolute Gasteiger partial charge is 0.254 e. The Morgan fingerprint density at radius 2 is 2.28 bits per heavy atom. The first-order chi connectivity index (χ1) is 8.58. The van der Waals surface area contributed by atoms with Gasteiger partial charge < -0.3 is 9.88 Å². The zero-order chi connectivity index (χ0) is 13.1. The third kappa shape index (κ3) is 2.79. The quantitative estimate of drug-likeness (QED) is 0.948. The molecule has 1 aromatic heterocycles. The van der Waals surface area contributed by atoms with Gasteiger partial charge in [-0.05, 0) is 30.7 Å². The molecule has 0 radical (unpaired) electrons. The number of hydrogen-bond donors (Lipinski definition) is 1. The van der Waals surface area contributed by atoms with Gasteiger partial charge in [0.05, 0.1) is 6.54 Å². The largest absolute Gasteiger partial charge is 0.347 e. The molecule has 0 bridgehead atoms. The van der Waals surface area contributed by atoms with E-state index >= 15 is 0 Å². The third-order valence-corrected chi connectivity index (χ3v) is 3.20. The molecule has 5 heteroatoms. The summed E-state index contributed by atoms with van der Waals surface area (Å²) in [4.78, 5) is 21.0. The SMILES string of the molecule is Cc1cc(Br)ccc1C(=O)N(C)Cc1ncc[nH]1. The number of benzene rings is 1. The molecule has 94 valence electrons. The first-order valence-electron chi connectivity index (χ1n) is 5.58. The Balaban J connectivity index is 2.15. The summed E-state index contributed by atoms with van der Waals surface area (Å²) in [6.07, 6.45) is 3.43. The maximum Gasteiger partial charge on any atom is 0.254 e. The molecule has 0 fully saturated rings. The van der Waals surface area contributed by atoms with Gasteiger partial charge in [-0.2, -0.15) is 0 Å². The lowest BCUT2D eigenvalue weighted by Crippen LogP contribution is -2.27. The molecule has 2 aromatic rings. The van der Waals surface area contributed by atoms with Crippen molar-refractivity contribution in [3.63, 3.8) is 0 Å². The Morgan fingerprint density at radius 1 is 1.50 bits per heavy atom. The molecule has 0 atom stereocenters. The van der Waals surface area contributed by atoms with Crippen molar-refractivity contribution >= 4 is 21.8 Å². The number of hydrogen-bond acceptors (Lipinski definition) is 2. The molecule has 0 aliphatic rings. The number of carbonyl (C=O) groups is 1.